The van der Waals surface area contributed by atoms with E-state index in [4.69, 9.17) is 16.0 Å². The molecule has 3 aliphatic rings. The minimum atomic E-state index is -0.394. The highest BCUT2D eigenvalue weighted by Gasteiger charge is 2.45. The average molecular weight is 402 g/mol. The molecule has 1 amide bonds. The van der Waals surface area contributed by atoms with E-state index >= 15 is 0 Å². The topological polar surface area (TPSA) is 83.3 Å². The van der Waals surface area contributed by atoms with Gasteiger partial charge < -0.3 is 20.0 Å². The van der Waals surface area contributed by atoms with E-state index in [1.54, 1.807) is 0 Å². The molecule has 0 bridgehead atoms. The second-order valence-corrected chi connectivity index (χ2v) is 8.78. The van der Waals surface area contributed by atoms with Gasteiger partial charge in [0, 0.05) is 30.2 Å². The summed E-state index contributed by atoms with van der Waals surface area (Å²) >= 11 is 6.07. The maximum atomic E-state index is 12.7. The van der Waals surface area contributed by atoms with Crippen molar-refractivity contribution in [3.8, 4) is 0 Å². The number of benzene rings is 1. The number of hydrogen-bond acceptors (Lipinski definition) is 6. The molecule has 1 saturated carbocycles. The van der Waals surface area contributed by atoms with E-state index in [1.807, 2.05) is 30.0 Å². The van der Waals surface area contributed by atoms with E-state index in [1.165, 1.54) is 12.8 Å². The minimum Gasteiger partial charge on any atom is -0.406 e. The van der Waals surface area contributed by atoms with Crippen LogP contribution in [0.5, 0.6) is 0 Å². The van der Waals surface area contributed by atoms with Gasteiger partial charge in [-0.25, -0.2) is 0 Å². The first-order valence-corrected chi connectivity index (χ1v) is 10.3. The molecule has 1 aromatic heterocycles. The van der Waals surface area contributed by atoms with Crippen LogP contribution in [0.1, 0.15) is 50.1 Å². The van der Waals surface area contributed by atoms with Gasteiger partial charge >= 0.3 is 6.01 Å². The number of halogens is 1. The number of hydrogen-bond donors (Lipinski definition) is 2. The third-order valence-corrected chi connectivity index (χ3v) is 6.60. The molecule has 3 heterocycles. The van der Waals surface area contributed by atoms with Crippen molar-refractivity contribution < 1.29 is 9.21 Å². The molecule has 2 aromatic rings. The van der Waals surface area contributed by atoms with Crippen LogP contribution in [0.25, 0.3) is 0 Å². The van der Waals surface area contributed by atoms with Crippen LogP contribution in [0, 0.1) is 5.41 Å². The average Bonchev–Trinajstić information content (AvgIpc) is 3.10. The Morgan fingerprint density at radius 3 is 2.86 bits per heavy atom. The fourth-order valence-corrected chi connectivity index (χ4v) is 4.51. The first-order valence-electron chi connectivity index (χ1n) is 9.95. The third-order valence-electron chi connectivity index (χ3n) is 6.36. The van der Waals surface area contributed by atoms with Crippen LogP contribution in [0.15, 0.2) is 22.6 Å². The standard InChI is InChI=1S/C20H24ClN5O2/c1-12(18(27)26-8-6-20(4-5-20)7-9-26)22-19-25-24-17(28-19)16-11-13-10-14(21)2-3-15(13)23-16/h2-3,10,12,16,23H,4-9,11H2,1H3,(H,22,25)/t12-,16+/m0/s1. The largest absolute Gasteiger partial charge is 0.406 e. The fourth-order valence-electron chi connectivity index (χ4n) is 4.31. The molecule has 1 aromatic carbocycles. The van der Waals surface area contributed by atoms with Gasteiger partial charge in [-0.3, -0.25) is 4.79 Å². The molecule has 7 nitrogen and oxygen atoms in total. The number of anilines is 2. The van der Waals surface area contributed by atoms with E-state index in [9.17, 15) is 4.79 Å². The highest BCUT2D eigenvalue weighted by atomic mass is 35.5. The highest BCUT2D eigenvalue weighted by molar-refractivity contribution is 6.30. The predicted molar refractivity (Wildman–Crippen MR) is 106 cm³/mol. The van der Waals surface area contributed by atoms with Gasteiger partial charge in [-0.15, -0.1) is 5.10 Å². The summed E-state index contributed by atoms with van der Waals surface area (Å²) in [7, 11) is 0. The van der Waals surface area contributed by atoms with Crippen molar-refractivity contribution in [2.45, 2.75) is 51.1 Å². The summed E-state index contributed by atoms with van der Waals surface area (Å²) in [5.74, 6) is 0.597. The van der Waals surface area contributed by atoms with Crippen LogP contribution < -0.4 is 10.6 Å². The van der Waals surface area contributed by atoms with Gasteiger partial charge in [0.25, 0.3) is 0 Å². The molecule has 2 N–H and O–H groups in total. The summed E-state index contributed by atoms with van der Waals surface area (Å²) < 4.78 is 5.78. The number of carbonyl (C=O) groups excluding carboxylic acids is 1. The van der Waals surface area contributed by atoms with Crippen molar-refractivity contribution in [3.63, 3.8) is 0 Å². The lowest BCUT2D eigenvalue weighted by Crippen LogP contribution is -2.45. The maximum absolute atomic E-state index is 12.7. The summed E-state index contributed by atoms with van der Waals surface area (Å²) in [6.07, 6.45) is 5.67. The molecule has 0 unspecified atom stereocenters. The van der Waals surface area contributed by atoms with Gasteiger partial charge in [-0.1, -0.05) is 16.7 Å². The Bertz CT molecular complexity index is 900. The summed E-state index contributed by atoms with van der Waals surface area (Å²) in [5, 5.41) is 15.4. The Kier molecular flexibility index (Phi) is 4.23. The molecule has 2 aliphatic heterocycles. The van der Waals surface area contributed by atoms with Gasteiger partial charge in [0.1, 0.15) is 12.1 Å². The Labute approximate surface area is 168 Å². The third kappa shape index (κ3) is 3.32. The van der Waals surface area contributed by atoms with Crippen LogP contribution >= 0.6 is 11.6 Å². The number of carbonyl (C=O) groups is 1. The SMILES string of the molecule is C[C@H](Nc1nnc([C@H]2Cc3cc(Cl)ccc3N2)o1)C(=O)N1CCC2(CC1)CC2. The molecule has 1 saturated heterocycles. The number of piperidine rings is 1. The van der Waals surface area contributed by atoms with E-state index in [2.05, 4.69) is 20.8 Å². The number of likely N-dealkylation sites (tertiary alicyclic amines) is 1. The summed E-state index contributed by atoms with van der Waals surface area (Å²) in [4.78, 5) is 14.7. The maximum Gasteiger partial charge on any atom is 0.316 e. The molecule has 8 heteroatoms. The summed E-state index contributed by atoms with van der Waals surface area (Å²) in [5.41, 5.74) is 2.72. The van der Waals surface area contributed by atoms with Gasteiger partial charge in [-0.2, -0.15) is 0 Å². The molecule has 2 fully saturated rings. The lowest BCUT2D eigenvalue weighted by Gasteiger charge is -2.33. The van der Waals surface area contributed by atoms with Crippen LogP contribution in [-0.2, 0) is 11.2 Å². The van der Waals surface area contributed by atoms with Gasteiger partial charge in [0.15, 0.2) is 0 Å². The molecule has 148 valence electrons. The lowest BCUT2D eigenvalue weighted by molar-refractivity contribution is -0.133. The Morgan fingerprint density at radius 1 is 1.32 bits per heavy atom. The Morgan fingerprint density at radius 2 is 2.11 bits per heavy atom. The summed E-state index contributed by atoms with van der Waals surface area (Å²) in [6.45, 7) is 3.55. The van der Waals surface area contributed by atoms with Gasteiger partial charge in [0.05, 0.1) is 0 Å². The molecular formula is C20H24ClN5O2. The molecule has 0 radical (unpaired) electrons. The van der Waals surface area contributed by atoms with Crippen molar-refractivity contribution in [1.82, 2.24) is 15.1 Å². The Balaban J connectivity index is 1.19. The lowest BCUT2D eigenvalue weighted by atomic mass is 9.93. The molecule has 1 spiro atoms. The fraction of sp³-hybridized carbons (Fsp3) is 0.550. The first kappa shape index (κ1) is 17.8. The molecule has 1 aliphatic carbocycles. The Hall–Kier alpha value is -2.28. The number of rotatable bonds is 4. The molecular weight excluding hydrogens is 378 g/mol. The van der Waals surface area contributed by atoms with Gasteiger partial charge in [-0.05, 0) is 61.8 Å². The van der Waals surface area contributed by atoms with Crippen LogP contribution in [-0.4, -0.2) is 40.1 Å². The van der Waals surface area contributed by atoms with Crippen LogP contribution in [0.4, 0.5) is 11.7 Å². The van der Waals surface area contributed by atoms with E-state index in [-0.39, 0.29) is 18.0 Å². The number of fused-ring (bicyclic) bond motifs is 1. The minimum absolute atomic E-state index is 0.0839. The summed E-state index contributed by atoms with van der Waals surface area (Å²) in [6, 6.07) is 5.56. The van der Waals surface area contributed by atoms with Crippen molar-refractivity contribution in [2.75, 3.05) is 23.7 Å². The zero-order valence-corrected chi connectivity index (χ0v) is 16.6. The quantitative estimate of drug-likeness (QED) is 0.813. The zero-order valence-electron chi connectivity index (χ0n) is 15.9. The number of nitrogens with zero attached hydrogens (tertiary/aromatic N) is 3. The first-order chi connectivity index (χ1) is 13.5. The van der Waals surface area contributed by atoms with Crippen molar-refractivity contribution in [1.29, 1.82) is 0 Å². The van der Waals surface area contributed by atoms with Crippen LogP contribution in [0.3, 0.4) is 0 Å². The van der Waals surface area contributed by atoms with Crippen LogP contribution in [0.2, 0.25) is 5.02 Å². The second-order valence-electron chi connectivity index (χ2n) is 8.34. The van der Waals surface area contributed by atoms with Crippen molar-refractivity contribution >= 4 is 29.2 Å². The number of nitrogens with one attached hydrogen (secondary N) is 2. The van der Waals surface area contributed by atoms with Crippen molar-refractivity contribution in [3.05, 3.63) is 34.7 Å². The second kappa shape index (κ2) is 6.65. The number of aromatic nitrogens is 2. The molecule has 5 rings (SSSR count). The number of amides is 1. The van der Waals surface area contributed by atoms with E-state index < -0.39 is 6.04 Å². The van der Waals surface area contributed by atoms with E-state index in [0.29, 0.717) is 16.3 Å². The van der Waals surface area contributed by atoms with Crippen molar-refractivity contribution in [2.24, 2.45) is 5.41 Å². The predicted octanol–water partition coefficient (Wildman–Crippen LogP) is 3.64. The normalized spacial score (nSPS) is 23.2. The monoisotopic (exact) mass is 401 g/mol. The van der Waals surface area contributed by atoms with E-state index in [0.717, 1.165) is 43.6 Å². The molecule has 28 heavy (non-hydrogen) atoms. The smallest absolute Gasteiger partial charge is 0.316 e. The zero-order chi connectivity index (χ0) is 19.3. The van der Waals surface area contributed by atoms with Gasteiger partial charge in [0.2, 0.25) is 11.8 Å². The molecule has 2 atom stereocenters. The highest BCUT2D eigenvalue weighted by Crippen LogP contribution is 2.53.